The van der Waals surface area contributed by atoms with Gasteiger partial charge in [0, 0.05) is 17.6 Å². The third-order valence-electron chi connectivity index (χ3n) is 4.60. The molecule has 0 aliphatic heterocycles. The van der Waals surface area contributed by atoms with Crippen molar-refractivity contribution < 1.29 is 0 Å². The van der Waals surface area contributed by atoms with E-state index in [1.54, 1.807) is 0 Å². The van der Waals surface area contributed by atoms with Gasteiger partial charge in [-0.05, 0) is 49.6 Å². The quantitative estimate of drug-likeness (QED) is 0.762. The first-order chi connectivity index (χ1) is 9.08. The van der Waals surface area contributed by atoms with Gasteiger partial charge in [0.15, 0.2) is 0 Å². The number of halogens is 1. The van der Waals surface area contributed by atoms with Gasteiger partial charge in [0.05, 0.1) is 0 Å². The average Bonchev–Trinajstić information content (AvgIpc) is 2.87. The Kier molecular flexibility index (Phi) is 5.22. The van der Waals surface area contributed by atoms with Crippen LogP contribution in [0.4, 0.5) is 0 Å². The first-order valence-corrected chi connectivity index (χ1v) is 8.14. The number of benzene rings is 1. The fourth-order valence-electron chi connectivity index (χ4n) is 3.21. The van der Waals surface area contributed by atoms with Gasteiger partial charge in [-0.15, -0.1) is 0 Å². The molecule has 1 aromatic carbocycles. The van der Waals surface area contributed by atoms with Crippen molar-refractivity contribution in [3.8, 4) is 0 Å². The SMILES string of the molecule is CC(c1ccccc1Cl)N(C)CC1(CS)CCCC1. The van der Waals surface area contributed by atoms with E-state index in [-0.39, 0.29) is 0 Å². The largest absolute Gasteiger partial charge is 0.299 e. The molecule has 0 aromatic heterocycles. The zero-order valence-corrected chi connectivity index (χ0v) is 13.6. The van der Waals surface area contributed by atoms with E-state index in [2.05, 4.69) is 43.6 Å². The Morgan fingerprint density at radius 1 is 1.32 bits per heavy atom. The van der Waals surface area contributed by atoms with Gasteiger partial charge in [0.25, 0.3) is 0 Å². The standard InChI is InChI=1S/C16H24ClNS/c1-13(14-7-3-4-8-15(14)17)18(2)11-16(12-19)9-5-6-10-16/h3-4,7-8,13,19H,5-6,9-12H2,1-2H3. The first kappa shape index (κ1) is 15.2. The second kappa shape index (κ2) is 6.51. The zero-order valence-electron chi connectivity index (χ0n) is 11.9. The van der Waals surface area contributed by atoms with E-state index >= 15 is 0 Å². The van der Waals surface area contributed by atoms with Crippen LogP contribution in [-0.4, -0.2) is 24.2 Å². The van der Waals surface area contributed by atoms with Gasteiger partial charge < -0.3 is 0 Å². The topological polar surface area (TPSA) is 3.24 Å². The molecule has 3 heteroatoms. The lowest BCUT2D eigenvalue weighted by atomic mass is 9.87. The molecular formula is C16H24ClNS. The fraction of sp³-hybridized carbons (Fsp3) is 0.625. The second-order valence-electron chi connectivity index (χ2n) is 5.98. The molecule has 1 aliphatic rings. The summed E-state index contributed by atoms with van der Waals surface area (Å²) in [6.07, 6.45) is 5.34. The number of hydrogen-bond acceptors (Lipinski definition) is 2. The second-order valence-corrected chi connectivity index (χ2v) is 6.70. The van der Waals surface area contributed by atoms with Crippen LogP contribution in [0.3, 0.4) is 0 Å². The summed E-state index contributed by atoms with van der Waals surface area (Å²) in [6.45, 7) is 3.35. The minimum Gasteiger partial charge on any atom is -0.299 e. The minimum absolute atomic E-state index is 0.353. The third kappa shape index (κ3) is 3.48. The van der Waals surface area contributed by atoms with Crippen molar-refractivity contribution in [2.45, 2.75) is 38.6 Å². The molecule has 1 fully saturated rings. The van der Waals surface area contributed by atoms with Crippen LogP contribution >= 0.6 is 24.2 Å². The highest BCUT2D eigenvalue weighted by atomic mass is 35.5. The van der Waals surface area contributed by atoms with Crippen LogP contribution in [0.1, 0.15) is 44.2 Å². The molecule has 0 heterocycles. The lowest BCUT2D eigenvalue weighted by molar-refractivity contribution is 0.163. The normalized spacial score (nSPS) is 19.8. The van der Waals surface area contributed by atoms with Crippen molar-refractivity contribution >= 4 is 24.2 Å². The Hall–Kier alpha value is -0.180. The van der Waals surface area contributed by atoms with Gasteiger partial charge in [0.1, 0.15) is 0 Å². The van der Waals surface area contributed by atoms with E-state index in [1.165, 1.54) is 31.2 Å². The monoisotopic (exact) mass is 297 g/mol. The summed E-state index contributed by atoms with van der Waals surface area (Å²) in [5.41, 5.74) is 1.63. The summed E-state index contributed by atoms with van der Waals surface area (Å²) >= 11 is 10.9. The van der Waals surface area contributed by atoms with Crippen molar-refractivity contribution in [3.63, 3.8) is 0 Å². The summed E-state index contributed by atoms with van der Waals surface area (Å²) in [5, 5.41) is 0.869. The van der Waals surface area contributed by atoms with Gasteiger partial charge in [-0.1, -0.05) is 42.6 Å². The molecule has 1 aromatic rings. The fourth-order valence-corrected chi connectivity index (χ4v) is 3.92. The molecule has 1 nitrogen and oxygen atoms in total. The molecule has 19 heavy (non-hydrogen) atoms. The first-order valence-electron chi connectivity index (χ1n) is 7.13. The minimum atomic E-state index is 0.353. The Morgan fingerprint density at radius 3 is 2.53 bits per heavy atom. The highest BCUT2D eigenvalue weighted by molar-refractivity contribution is 7.80. The molecular weight excluding hydrogens is 274 g/mol. The van der Waals surface area contributed by atoms with E-state index in [4.69, 9.17) is 11.6 Å². The predicted octanol–water partition coefficient (Wildman–Crippen LogP) is 4.82. The highest BCUT2D eigenvalue weighted by Crippen LogP contribution is 2.41. The smallest absolute Gasteiger partial charge is 0.0453 e. The van der Waals surface area contributed by atoms with Gasteiger partial charge in [-0.2, -0.15) is 12.6 Å². The van der Waals surface area contributed by atoms with E-state index in [9.17, 15) is 0 Å². The predicted molar refractivity (Wildman–Crippen MR) is 87.3 cm³/mol. The number of thiol groups is 1. The molecule has 0 bridgehead atoms. The molecule has 0 radical (unpaired) electrons. The van der Waals surface area contributed by atoms with Gasteiger partial charge >= 0.3 is 0 Å². The third-order valence-corrected chi connectivity index (χ3v) is 5.62. The molecule has 0 spiro atoms. The molecule has 0 saturated heterocycles. The molecule has 0 N–H and O–H groups in total. The van der Waals surface area contributed by atoms with Crippen LogP contribution in [-0.2, 0) is 0 Å². The summed E-state index contributed by atoms with van der Waals surface area (Å²) in [6, 6.07) is 8.52. The molecule has 2 rings (SSSR count). The van der Waals surface area contributed by atoms with Crippen molar-refractivity contribution in [3.05, 3.63) is 34.9 Å². The maximum absolute atomic E-state index is 6.31. The summed E-state index contributed by atoms with van der Waals surface area (Å²) in [7, 11) is 2.21. The van der Waals surface area contributed by atoms with Gasteiger partial charge in [-0.3, -0.25) is 4.90 Å². The van der Waals surface area contributed by atoms with E-state index in [0.717, 1.165) is 17.3 Å². The number of hydrogen-bond donors (Lipinski definition) is 1. The summed E-state index contributed by atoms with van der Waals surface area (Å²) in [4.78, 5) is 2.43. The van der Waals surface area contributed by atoms with E-state index in [1.807, 2.05) is 12.1 Å². The van der Waals surface area contributed by atoms with Crippen molar-refractivity contribution in [2.24, 2.45) is 5.41 Å². The number of rotatable bonds is 5. The molecule has 0 amide bonds. The van der Waals surface area contributed by atoms with E-state index in [0.29, 0.717) is 11.5 Å². The van der Waals surface area contributed by atoms with Crippen LogP contribution in [0, 0.1) is 5.41 Å². The van der Waals surface area contributed by atoms with E-state index < -0.39 is 0 Å². The van der Waals surface area contributed by atoms with Crippen LogP contribution in [0.15, 0.2) is 24.3 Å². The Labute approximate surface area is 127 Å². The van der Waals surface area contributed by atoms with Gasteiger partial charge in [-0.25, -0.2) is 0 Å². The molecule has 106 valence electrons. The van der Waals surface area contributed by atoms with Crippen molar-refractivity contribution in [1.82, 2.24) is 4.90 Å². The molecule has 1 saturated carbocycles. The number of nitrogens with zero attached hydrogens (tertiary/aromatic N) is 1. The molecule has 1 unspecified atom stereocenters. The Balaban J connectivity index is 2.07. The highest BCUT2D eigenvalue weighted by Gasteiger charge is 2.34. The van der Waals surface area contributed by atoms with Crippen LogP contribution < -0.4 is 0 Å². The average molecular weight is 298 g/mol. The lowest BCUT2D eigenvalue weighted by Gasteiger charge is -2.35. The summed E-state index contributed by atoms with van der Waals surface area (Å²) < 4.78 is 0. The molecule has 1 aliphatic carbocycles. The Bertz CT molecular complexity index is 415. The van der Waals surface area contributed by atoms with Crippen molar-refractivity contribution in [2.75, 3.05) is 19.3 Å². The Morgan fingerprint density at radius 2 is 1.95 bits per heavy atom. The maximum Gasteiger partial charge on any atom is 0.0453 e. The van der Waals surface area contributed by atoms with Gasteiger partial charge in [0.2, 0.25) is 0 Å². The van der Waals surface area contributed by atoms with Crippen LogP contribution in [0.5, 0.6) is 0 Å². The maximum atomic E-state index is 6.31. The zero-order chi connectivity index (χ0) is 13.9. The summed E-state index contributed by atoms with van der Waals surface area (Å²) in [5.74, 6) is 0.993. The van der Waals surface area contributed by atoms with Crippen LogP contribution in [0.2, 0.25) is 5.02 Å². The van der Waals surface area contributed by atoms with Crippen LogP contribution in [0.25, 0.3) is 0 Å². The van der Waals surface area contributed by atoms with Crippen molar-refractivity contribution in [1.29, 1.82) is 0 Å². The lowest BCUT2D eigenvalue weighted by Crippen LogP contribution is -2.36. The molecule has 1 atom stereocenters.